The van der Waals surface area contributed by atoms with E-state index in [1.54, 1.807) is 11.1 Å². The van der Waals surface area contributed by atoms with Gasteiger partial charge in [-0.2, -0.15) is 0 Å². The summed E-state index contributed by atoms with van der Waals surface area (Å²) in [5, 5.41) is 3.30. The lowest BCUT2D eigenvalue weighted by Gasteiger charge is -2.33. The fourth-order valence-corrected chi connectivity index (χ4v) is 2.35. The Balaban J connectivity index is 1.83. The molecule has 3 heteroatoms. The molecule has 2 aliphatic heterocycles. The predicted molar refractivity (Wildman–Crippen MR) is 62.0 cm³/mol. The molecular weight excluding hydrogens is 188 g/mol. The Morgan fingerprint density at radius 2 is 2.33 bits per heavy atom. The lowest BCUT2D eigenvalue weighted by molar-refractivity contribution is 0.0347. The first-order valence-electron chi connectivity index (χ1n) is 5.93. The van der Waals surface area contributed by atoms with Crippen LogP contribution in [0.5, 0.6) is 0 Å². The van der Waals surface area contributed by atoms with E-state index >= 15 is 0 Å². The maximum absolute atomic E-state index is 5.43. The van der Waals surface area contributed by atoms with Crippen molar-refractivity contribution >= 4 is 0 Å². The first-order valence-corrected chi connectivity index (χ1v) is 5.93. The number of likely N-dealkylation sites (tertiary alicyclic amines) is 1. The molecule has 2 rings (SSSR count). The molecule has 1 N–H and O–H groups in total. The van der Waals surface area contributed by atoms with Crippen molar-refractivity contribution < 1.29 is 4.74 Å². The summed E-state index contributed by atoms with van der Waals surface area (Å²) in [4.78, 5) is 2.53. The van der Waals surface area contributed by atoms with Crippen molar-refractivity contribution in [2.75, 3.05) is 39.8 Å². The Morgan fingerprint density at radius 3 is 2.93 bits per heavy atom. The molecule has 2 heterocycles. The molecule has 0 aliphatic carbocycles. The summed E-state index contributed by atoms with van der Waals surface area (Å²) in [7, 11) is 1.83. The first kappa shape index (κ1) is 11.1. The van der Waals surface area contributed by atoms with Gasteiger partial charge in [-0.25, -0.2) is 0 Å². The highest BCUT2D eigenvalue weighted by Crippen LogP contribution is 2.16. The van der Waals surface area contributed by atoms with Crippen molar-refractivity contribution in [3.63, 3.8) is 0 Å². The summed E-state index contributed by atoms with van der Waals surface area (Å²) in [6.45, 7) is 7.96. The van der Waals surface area contributed by atoms with Crippen LogP contribution in [0.15, 0.2) is 11.1 Å². The van der Waals surface area contributed by atoms with E-state index in [-0.39, 0.29) is 0 Å². The number of rotatable bonds is 3. The second-order valence-corrected chi connectivity index (χ2v) is 4.72. The minimum Gasteiger partial charge on any atom is -0.380 e. The molecule has 86 valence electrons. The number of nitrogens with one attached hydrogen (secondary N) is 1. The summed E-state index contributed by atoms with van der Waals surface area (Å²) in [5.74, 6) is 0. The number of hydrogen-bond acceptors (Lipinski definition) is 3. The lowest BCUT2D eigenvalue weighted by atomic mass is 10.0. The van der Waals surface area contributed by atoms with Crippen LogP contribution in [0, 0.1) is 0 Å². The third-order valence-electron chi connectivity index (χ3n) is 3.54. The van der Waals surface area contributed by atoms with Crippen molar-refractivity contribution in [3.05, 3.63) is 11.1 Å². The number of nitrogens with zero attached hydrogens (tertiary/aromatic N) is 1. The van der Waals surface area contributed by atoms with Gasteiger partial charge in [0.1, 0.15) is 0 Å². The Labute approximate surface area is 92.5 Å². The average Bonchev–Trinajstić information content (AvgIpc) is 2.15. The standard InChI is InChI=1S/C12H22N2O/c1-10(11-6-13-7-11)8-14-5-3-4-12(9-14)15-2/h12-13H,3-9H2,1-2H3. The van der Waals surface area contributed by atoms with Crippen LogP contribution in [0.25, 0.3) is 0 Å². The highest BCUT2D eigenvalue weighted by molar-refractivity contribution is 5.22. The molecule has 0 aromatic heterocycles. The Hall–Kier alpha value is -0.380. The molecule has 0 bridgehead atoms. The Bertz CT molecular complexity index is 244. The molecule has 1 atom stereocenters. The van der Waals surface area contributed by atoms with Gasteiger partial charge in [0.25, 0.3) is 0 Å². The van der Waals surface area contributed by atoms with Crippen LogP contribution in [0.4, 0.5) is 0 Å². The lowest BCUT2D eigenvalue weighted by Crippen LogP contribution is -2.41. The van der Waals surface area contributed by atoms with Gasteiger partial charge in [0.2, 0.25) is 0 Å². The van der Waals surface area contributed by atoms with E-state index < -0.39 is 0 Å². The van der Waals surface area contributed by atoms with Crippen molar-refractivity contribution in [3.8, 4) is 0 Å². The molecule has 2 fully saturated rings. The molecule has 1 unspecified atom stereocenters. The van der Waals surface area contributed by atoms with Gasteiger partial charge in [-0.1, -0.05) is 5.57 Å². The molecule has 0 spiro atoms. The first-order chi connectivity index (χ1) is 7.29. The van der Waals surface area contributed by atoms with Crippen LogP contribution in [0.3, 0.4) is 0 Å². The summed E-state index contributed by atoms with van der Waals surface area (Å²) >= 11 is 0. The molecule has 2 saturated heterocycles. The van der Waals surface area contributed by atoms with Crippen molar-refractivity contribution in [1.29, 1.82) is 0 Å². The zero-order valence-corrected chi connectivity index (χ0v) is 9.88. The van der Waals surface area contributed by atoms with Crippen LogP contribution in [-0.2, 0) is 4.74 Å². The van der Waals surface area contributed by atoms with E-state index in [0.29, 0.717) is 6.10 Å². The zero-order chi connectivity index (χ0) is 10.7. The summed E-state index contributed by atoms with van der Waals surface area (Å²) in [6.07, 6.45) is 2.96. The second-order valence-electron chi connectivity index (χ2n) is 4.72. The monoisotopic (exact) mass is 210 g/mol. The van der Waals surface area contributed by atoms with Crippen LogP contribution in [0.2, 0.25) is 0 Å². The van der Waals surface area contributed by atoms with E-state index in [4.69, 9.17) is 4.74 Å². The number of hydrogen-bond donors (Lipinski definition) is 1. The summed E-state index contributed by atoms with van der Waals surface area (Å²) < 4.78 is 5.43. The Morgan fingerprint density at radius 1 is 1.53 bits per heavy atom. The third-order valence-corrected chi connectivity index (χ3v) is 3.54. The van der Waals surface area contributed by atoms with E-state index in [1.807, 2.05) is 7.11 Å². The van der Waals surface area contributed by atoms with Gasteiger partial charge in [-0.05, 0) is 31.9 Å². The topological polar surface area (TPSA) is 24.5 Å². The molecule has 0 aromatic rings. The maximum Gasteiger partial charge on any atom is 0.0698 e. The number of methoxy groups -OCH3 is 1. The van der Waals surface area contributed by atoms with Gasteiger partial charge in [0, 0.05) is 33.3 Å². The van der Waals surface area contributed by atoms with Gasteiger partial charge < -0.3 is 10.1 Å². The molecule has 0 aromatic carbocycles. The highest BCUT2D eigenvalue weighted by atomic mass is 16.5. The largest absolute Gasteiger partial charge is 0.380 e. The van der Waals surface area contributed by atoms with Crippen LogP contribution in [0.1, 0.15) is 19.8 Å². The predicted octanol–water partition coefficient (Wildman–Crippen LogP) is 1.02. The highest BCUT2D eigenvalue weighted by Gasteiger charge is 2.20. The van der Waals surface area contributed by atoms with Gasteiger partial charge in [0.05, 0.1) is 6.10 Å². The fraction of sp³-hybridized carbons (Fsp3) is 0.833. The van der Waals surface area contributed by atoms with E-state index in [0.717, 1.165) is 26.2 Å². The van der Waals surface area contributed by atoms with Crippen molar-refractivity contribution in [2.24, 2.45) is 0 Å². The van der Waals surface area contributed by atoms with Gasteiger partial charge >= 0.3 is 0 Å². The van der Waals surface area contributed by atoms with Gasteiger partial charge in [-0.15, -0.1) is 0 Å². The minimum absolute atomic E-state index is 0.455. The molecule has 2 aliphatic rings. The second kappa shape index (κ2) is 5.10. The molecule has 15 heavy (non-hydrogen) atoms. The minimum atomic E-state index is 0.455. The van der Waals surface area contributed by atoms with E-state index in [1.165, 1.54) is 19.4 Å². The molecule has 0 amide bonds. The van der Waals surface area contributed by atoms with Gasteiger partial charge in [-0.3, -0.25) is 4.90 Å². The van der Waals surface area contributed by atoms with Crippen molar-refractivity contribution in [2.45, 2.75) is 25.9 Å². The summed E-state index contributed by atoms with van der Waals surface area (Å²) in [5.41, 5.74) is 3.17. The SMILES string of the molecule is COC1CCCN(CC(C)=C2CNC2)C1. The Kier molecular flexibility index (Phi) is 3.78. The third kappa shape index (κ3) is 2.80. The fourth-order valence-electron chi connectivity index (χ4n) is 2.35. The van der Waals surface area contributed by atoms with Crippen LogP contribution in [-0.4, -0.2) is 50.8 Å². The normalized spacial score (nSPS) is 27.6. The zero-order valence-electron chi connectivity index (χ0n) is 9.88. The van der Waals surface area contributed by atoms with E-state index in [2.05, 4.69) is 17.1 Å². The average molecular weight is 210 g/mol. The van der Waals surface area contributed by atoms with Crippen LogP contribution >= 0.6 is 0 Å². The smallest absolute Gasteiger partial charge is 0.0698 e. The molecule has 0 saturated carbocycles. The van der Waals surface area contributed by atoms with Gasteiger partial charge in [0.15, 0.2) is 0 Å². The molecular formula is C12H22N2O. The number of ether oxygens (including phenoxy) is 1. The van der Waals surface area contributed by atoms with Crippen molar-refractivity contribution in [1.82, 2.24) is 10.2 Å². The molecule has 3 nitrogen and oxygen atoms in total. The molecule has 0 radical (unpaired) electrons. The number of piperidine rings is 1. The summed E-state index contributed by atoms with van der Waals surface area (Å²) in [6, 6.07) is 0. The quantitative estimate of drug-likeness (QED) is 0.704. The van der Waals surface area contributed by atoms with E-state index in [9.17, 15) is 0 Å². The van der Waals surface area contributed by atoms with Crippen LogP contribution < -0.4 is 5.32 Å². The maximum atomic E-state index is 5.43.